The number of ether oxygens (including phenoxy) is 2. The lowest BCUT2D eigenvalue weighted by Gasteiger charge is -2.13. The molecule has 6 nitrogen and oxygen atoms in total. The molecule has 0 unspecified atom stereocenters. The van der Waals surface area contributed by atoms with E-state index in [2.05, 4.69) is 26.5 Å². The van der Waals surface area contributed by atoms with Crippen molar-refractivity contribution in [3.05, 3.63) is 93.4 Å². The van der Waals surface area contributed by atoms with E-state index in [1.165, 1.54) is 6.21 Å². The summed E-state index contributed by atoms with van der Waals surface area (Å²) >= 11 is 9.21. The molecule has 0 spiro atoms. The average Bonchev–Trinajstić information content (AvgIpc) is 2.77. The summed E-state index contributed by atoms with van der Waals surface area (Å²) in [5.41, 5.74) is 3.35. The molecule has 3 rings (SSSR count). The van der Waals surface area contributed by atoms with E-state index in [1.54, 1.807) is 73.7 Å². The number of nitrogens with zero attached hydrogens (tertiary/aromatic N) is 1. The van der Waals surface area contributed by atoms with Gasteiger partial charge < -0.3 is 9.47 Å². The second-order valence-electron chi connectivity index (χ2n) is 6.39. The molecule has 158 valence electrons. The van der Waals surface area contributed by atoms with Gasteiger partial charge in [-0.3, -0.25) is 4.79 Å². The lowest BCUT2D eigenvalue weighted by atomic mass is 10.2. The maximum absolute atomic E-state index is 12.3. The Labute approximate surface area is 193 Å². The maximum atomic E-state index is 12.3. The molecule has 0 saturated carbocycles. The number of rotatable bonds is 7. The van der Waals surface area contributed by atoms with Crippen molar-refractivity contribution in [3.63, 3.8) is 0 Å². The number of halogens is 2. The Kier molecular flexibility index (Phi) is 7.81. The zero-order valence-corrected chi connectivity index (χ0v) is 18.8. The third-order valence-corrected chi connectivity index (χ3v) is 4.80. The van der Waals surface area contributed by atoms with Crippen molar-refractivity contribution in [3.8, 4) is 11.5 Å². The number of amides is 1. The average molecular weight is 502 g/mol. The monoisotopic (exact) mass is 500 g/mol. The second kappa shape index (κ2) is 10.7. The molecule has 0 bridgehead atoms. The van der Waals surface area contributed by atoms with Crippen molar-refractivity contribution in [2.45, 2.75) is 13.0 Å². The van der Waals surface area contributed by atoms with Gasteiger partial charge in [0.2, 0.25) is 0 Å². The maximum Gasteiger partial charge on any atom is 0.343 e. The Morgan fingerprint density at radius 1 is 1.06 bits per heavy atom. The predicted octanol–water partition coefficient (Wildman–Crippen LogP) is 5.24. The molecule has 8 heteroatoms. The summed E-state index contributed by atoms with van der Waals surface area (Å²) in [7, 11) is 0. The highest BCUT2D eigenvalue weighted by atomic mass is 79.9. The highest BCUT2D eigenvalue weighted by Crippen LogP contribution is 2.23. The van der Waals surface area contributed by atoms with Crippen LogP contribution in [0.3, 0.4) is 0 Å². The Morgan fingerprint density at radius 2 is 1.77 bits per heavy atom. The fourth-order valence-corrected chi connectivity index (χ4v) is 2.98. The van der Waals surface area contributed by atoms with Crippen molar-refractivity contribution < 1.29 is 19.1 Å². The predicted molar refractivity (Wildman–Crippen MR) is 123 cm³/mol. The van der Waals surface area contributed by atoms with Gasteiger partial charge in [0.15, 0.2) is 6.10 Å². The number of hydrazone groups is 1. The molecule has 0 saturated heterocycles. The van der Waals surface area contributed by atoms with Gasteiger partial charge in [0, 0.05) is 15.1 Å². The molecule has 1 amide bonds. The van der Waals surface area contributed by atoms with Crippen LogP contribution in [0, 0.1) is 0 Å². The molecule has 0 aromatic heterocycles. The largest absolute Gasteiger partial charge is 0.481 e. The van der Waals surface area contributed by atoms with Crippen molar-refractivity contribution in [2.24, 2.45) is 5.10 Å². The van der Waals surface area contributed by atoms with E-state index in [1.807, 2.05) is 6.07 Å². The van der Waals surface area contributed by atoms with E-state index < -0.39 is 18.0 Å². The fraction of sp³-hybridized carbons (Fsp3) is 0.0870. The van der Waals surface area contributed by atoms with Gasteiger partial charge in [-0.15, -0.1) is 0 Å². The van der Waals surface area contributed by atoms with Gasteiger partial charge in [-0.2, -0.15) is 5.10 Å². The minimum absolute atomic E-state index is 0.306. The topological polar surface area (TPSA) is 77.0 Å². The summed E-state index contributed by atoms with van der Waals surface area (Å²) in [6.45, 7) is 1.60. The van der Waals surface area contributed by atoms with Gasteiger partial charge in [0.05, 0.1) is 11.8 Å². The third kappa shape index (κ3) is 6.67. The first-order valence-corrected chi connectivity index (χ1v) is 10.4. The van der Waals surface area contributed by atoms with Gasteiger partial charge in [-0.05, 0) is 61.5 Å². The highest BCUT2D eigenvalue weighted by molar-refractivity contribution is 9.10. The van der Waals surface area contributed by atoms with Crippen LogP contribution < -0.4 is 14.9 Å². The summed E-state index contributed by atoms with van der Waals surface area (Å²) < 4.78 is 11.8. The first-order chi connectivity index (χ1) is 14.9. The molecule has 1 atom stereocenters. The van der Waals surface area contributed by atoms with Crippen LogP contribution >= 0.6 is 27.5 Å². The summed E-state index contributed by atoms with van der Waals surface area (Å²) in [5, 5.41) is 4.54. The zero-order valence-electron chi connectivity index (χ0n) is 16.4. The van der Waals surface area contributed by atoms with Crippen LogP contribution in [0.2, 0.25) is 5.02 Å². The second-order valence-corrected chi connectivity index (χ2v) is 7.74. The SMILES string of the molecule is C[C@@H](Oc1ccc(Cl)cc1)C(=O)N/N=C\c1cc(Br)ccc1OC(=O)c1ccccc1. The van der Waals surface area contributed by atoms with E-state index >= 15 is 0 Å². The molecule has 0 heterocycles. The minimum atomic E-state index is -0.781. The van der Waals surface area contributed by atoms with Gasteiger partial charge in [-0.25, -0.2) is 10.2 Å². The van der Waals surface area contributed by atoms with E-state index in [0.717, 1.165) is 4.47 Å². The van der Waals surface area contributed by atoms with Crippen LogP contribution in [-0.4, -0.2) is 24.2 Å². The molecule has 0 aliphatic rings. The number of carbonyl (C=O) groups is 2. The molecule has 3 aromatic rings. The highest BCUT2D eigenvalue weighted by Gasteiger charge is 2.14. The summed E-state index contributed by atoms with van der Waals surface area (Å²) in [5.74, 6) is -0.116. The molecular weight excluding hydrogens is 484 g/mol. The summed E-state index contributed by atoms with van der Waals surface area (Å²) in [6, 6.07) is 20.4. The smallest absolute Gasteiger partial charge is 0.343 e. The Balaban J connectivity index is 1.64. The molecule has 0 aliphatic heterocycles. The lowest BCUT2D eigenvalue weighted by molar-refractivity contribution is -0.127. The standard InChI is InChI=1S/C23H18BrClN2O4/c1-15(30-20-10-8-19(25)9-11-20)22(28)27-26-14-17-13-18(24)7-12-21(17)31-23(29)16-5-3-2-4-6-16/h2-15H,1H3,(H,27,28)/b26-14-/t15-/m1/s1. The van der Waals surface area contributed by atoms with E-state index in [-0.39, 0.29) is 0 Å². The first-order valence-electron chi connectivity index (χ1n) is 9.24. The Bertz CT molecular complexity index is 1090. The van der Waals surface area contributed by atoms with Gasteiger partial charge in [0.1, 0.15) is 11.5 Å². The Hall–Kier alpha value is -3.16. The van der Waals surface area contributed by atoms with Gasteiger partial charge in [-0.1, -0.05) is 45.7 Å². The fourth-order valence-electron chi connectivity index (χ4n) is 2.47. The third-order valence-electron chi connectivity index (χ3n) is 4.06. The van der Waals surface area contributed by atoms with E-state index in [4.69, 9.17) is 21.1 Å². The number of carbonyl (C=O) groups excluding carboxylic acids is 2. The van der Waals surface area contributed by atoms with Crippen LogP contribution in [0.15, 0.2) is 82.4 Å². The number of benzene rings is 3. The van der Waals surface area contributed by atoms with Crippen LogP contribution in [0.1, 0.15) is 22.8 Å². The van der Waals surface area contributed by atoms with Crippen molar-refractivity contribution in [2.75, 3.05) is 0 Å². The number of hydrogen-bond donors (Lipinski definition) is 1. The zero-order chi connectivity index (χ0) is 22.2. The molecule has 0 fully saturated rings. The molecule has 0 radical (unpaired) electrons. The molecular formula is C23H18BrClN2O4. The van der Waals surface area contributed by atoms with Gasteiger partial charge >= 0.3 is 5.97 Å². The number of nitrogens with one attached hydrogen (secondary N) is 1. The summed E-state index contributed by atoms with van der Waals surface area (Å²) in [6.07, 6.45) is 0.613. The summed E-state index contributed by atoms with van der Waals surface area (Å²) in [4.78, 5) is 24.6. The quantitative estimate of drug-likeness (QED) is 0.208. The van der Waals surface area contributed by atoms with Crippen LogP contribution in [0.25, 0.3) is 0 Å². The van der Waals surface area contributed by atoms with Crippen LogP contribution in [0.5, 0.6) is 11.5 Å². The molecule has 31 heavy (non-hydrogen) atoms. The van der Waals surface area contributed by atoms with Crippen molar-refractivity contribution in [1.82, 2.24) is 5.43 Å². The first kappa shape index (κ1) is 22.5. The van der Waals surface area contributed by atoms with Crippen LogP contribution in [0.4, 0.5) is 0 Å². The molecule has 0 aliphatic carbocycles. The number of hydrogen-bond acceptors (Lipinski definition) is 5. The van der Waals surface area contributed by atoms with Crippen LogP contribution in [-0.2, 0) is 4.79 Å². The Morgan fingerprint density at radius 3 is 2.48 bits per heavy atom. The van der Waals surface area contributed by atoms with E-state index in [9.17, 15) is 9.59 Å². The lowest BCUT2D eigenvalue weighted by Crippen LogP contribution is -2.33. The molecule has 3 aromatic carbocycles. The minimum Gasteiger partial charge on any atom is -0.481 e. The molecule has 1 N–H and O–H groups in total. The van der Waals surface area contributed by atoms with E-state index in [0.29, 0.717) is 27.6 Å². The van der Waals surface area contributed by atoms with Gasteiger partial charge in [0.25, 0.3) is 5.91 Å². The number of esters is 1. The van der Waals surface area contributed by atoms with Crippen molar-refractivity contribution >= 4 is 45.6 Å². The normalized spacial score (nSPS) is 11.7. The van der Waals surface area contributed by atoms with Crippen molar-refractivity contribution in [1.29, 1.82) is 0 Å².